The fourth-order valence-electron chi connectivity index (χ4n) is 1.99. The zero-order chi connectivity index (χ0) is 17.5. The largest absolute Gasteiger partial charge is 0.350 e. The number of para-hydroxylation sites is 1. The first-order valence-corrected chi connectivity index (χ1v) is 8.92. The second-order valence-corrected chi connectivity index (χ2v) is 7.05. The van der Waals surface area contributed by atoms with E-state index >= 15 is 0 Å². The van der Waals surface area contributed by atoms with E-state index in [4.69, 9.17) is 0 Å². The molecule has 0 unspecified atom stereocenters. The van der Waals surface area contributed by atoms with Gasteiger partial charge in [-0.15, -0.1) is 11.8 Å². The van der Waals surface area contributed by atoms with Crippen LogP contribution in [0, 0.1) is 0 Å². The van der Waals surface area contributed by atoms with Crippen LogP contribution in [0.2, 0.25) is 0 Å². The van der Waals surface area contributed by atoms with Gasteiger partial charge in [0.2, 0.25) is 11.8 Å². The number of nitrogens with one attached hydrogen (secondary N) is 2. The Bertz CT molecular complexity index is 546. The maximum Gasteiger partial charge on any atom is 0.238 e. The maximum absolute atomic E-state index is 12.1. The van der Waals surface area contributed by atoms with Crippen molar-refractivity contribution in [2.24, 2.45) is 0 Å². The molecule has 0 aliphatic heterocycles. The molecule has 0 radical (unpaired) electrons. The van der Waals surface area contributed by atoms with E-state index in [1.165, 1.54) is 0 Å². The minimum absolute atomic E-state index is 0.0725. The molecule has 0 aliphatic rings. The van der Waals surface area contributed by atoms with E-state index in [-0.39, 0.29) is 30.4 Å². The third-order valence-electron chi connectivity index (χ3n) is 3.57. The molecule has 0 fully saturated rings. The van der Waals surface area contributed by atoms with Gasteiger partial charge in [0.05, 0.1) is 18.8 Å². The quantitative estimate of drug-likeness (QED) is 0.716. The fraction of sp³-hybridized carbons (Fsp3) is 0.529. The zero-order valence-electron chi connectivity index (χ0n) is 14.6. The molecule has 1 aromatic carbocycles. The highest BCUT2D eigenvalue weighted by atomic mass is 32.2. The summed E-state index contributed by atoms with van der Waals surface area (Å²) in [6, 6.07) is 7.66. The van der Waals surface area contributed by atoms with E-state index in [9.17, 15) is 9.59 Å². The molecule has 23 heavy (non-hydrogen) atoms. The van der Waals surface area contributed by atoms with Crippen molar-refractivity contribution in [1.29, 1.82) is 0 Å². The lowest BCUT2D eigenvalue weighted by Crippen LogP contribution is -2.47. The van der Waals surface area contributed by atoms with Crippen LogP contribution in [0.15, 0.2) is 29.2 Å². The second kappa shape index (κ2) is 8.93. The fourth-order valence-corrected chi connectivity index (χ4v) is 2.54. The molecule has 0 aliphatic carbocycles. The Kier molecular flexibility index (Phi) is 7.58. The average Bonchev–Trinajstić information content (AvgIpc) is 2.46. The van der Waals surface area contributed by atoms with Crippen LogP contribution in [0.5, 0.6) is 0 Å². The molecule has 0 aromatic heterocycles. The van der Waals surface area contributed by atoms with Gasteiger partial charge in [-0.2, -0.15) is 0 Å². The van der Waals surface area contributed by atoms with E-state index in [0.717, 1.165) is 17.0 Å². The summed E-state index contributed by atoms with van der Waals surface area (Å²) in [5, 5.41) is 5.85. The van der Waals surface area contributed by atoms with Crippen LogP contribution < -0.4 is 10.6 Å². The Balaban J connectivity index is 2.49. The highest BCUT2D eigenvalue weighted by molar-refractivity contribution is 7.98. The minimum atomic E-state index is -0.225. The molecule has 1 aromatic rings. The van der Waals surface area contributed by atoms with Gasteiger partial charge < -0.3 is 10.6 Å². The van der Waals surface area contributed by atoms with E-state index in [1.807, 2.05) is 51.3 Å². The number of nitrogens with zero attached hydrogens (tertiary/aromatic N) is 1. The first kappa shape index (κ1) is 19.5. The molecule has 0 heterocycles. The Labute approximate surface area is 143 Å². The van der Waals surface area contributed by atoms with Crippen molar-refractivity contribution in [2.75, 3.05) is 31.7 Å². The van der Waals surface area contributed by atoms with Gasteiger partial charge in [-0.1, -0.05) is 19.1 Å². The minimum Gasteiger partial charge on any atom is -0.350 e. The summed E-state index contributed by atoms with van der Waals surface area (Å²) in [6.45, 7) is 6.36. The van der Waals surface area contributed by atoms with Crippen LogP contribution in [0.25, 0.3) is 0 Å². The van der Waals surface area contributed by atoms with Crippen LogP contribution >= 0.6 is 11.8 Å². The second-order valence-electron chi connectivity index (χ2n) is 6.21. The van der Waals surface area contributed by atoms with Crippen molar-refractivity contribution in [3.63, 3.8) is 0 Å². The molecular formula is C17H27N3O2S. The SMILES string of the molecule is CCC(C)(C)NC(=O)CN(C)CC(=O)Nc1ccccc1SC. The summed E-state index contributed by atoms with van der Waals surface area (Å²) in [5.41, 5.74) is 0.576. The van der Waals surface area contributed by atoms with Crippen molar-refractivity contribution < 1.29 is 9.59 Å². The molecular weight excluding hydrogens is 310 g/mol. The first-order valence-electron chi connectivity index (χ1n) is 7.70. The van der Waals surface area contributed by atoms with Crippen molar-refractivity contribution in [3.05, 3.63) is 24.3 Å². The van der Waals surface area contributed by atoms with E-state index in [1.54, 1.807) is 23.7 Å². The number of thioether (sulfide) groups is 1. The highest BCUT2D eigenvalue weighted by Gasteiger charge is 2.19. The van der Waals surface area contributed by atoms with Gasteiger partial charge in [0, 0.05) is 10.4 Å². The Morgan fingerprint density at radius 3 is 2.39 bits per heavy atom. The van der Waals surface area contributed by atoms with E-state index < -0.39 is 0 Å². The summed E-state index contributed by atoms with van der Waals surface area (Å²) in [4.78, 5) is 26.8. The Morgan fingerprint density at radius 1 is 1.17 bits per heavy atom. The summed E-state index contributed by atoms with van der Waals surface area (Å²) >= 11 is 1.58. The summed E-state index contributed by atoms with van der Waals surface area (Å²) in [6.07, 6.45) is 2.82. The number of benzene rings is 1. The molecule has 6 heteroatoms. The lowest BCUT2D eigenvalue weighted by molar-refractivity contribution is -0.124. The third kappa shape index (κ3) is 7.05. The molecule has 0 atom stereocenters. The van der Waals surface area contributed by atoms with E-state index in [0.29, 0.717) is 0 Å². The van der Waals surface area contributed by atoms with Gasteiger partial charge in [-0.25, -0.2) is 0 Å². The number of amides is 2. The molecule has 2 N–H and O–H groups in total. The lowest BCUT2D eigenvalue weighted by Gasteiger charge is -2.26. The Hall–Kier alpha value is -1.53. The molecule has 0 spiro atoms. The van der Waals surface area contributed by atoms with E-state index in [2.05, 4.69) is 10.6 Å². The summed E-state index contributed by atoms with van der Waals surface area (Å²) in [5.74, 6) is -0.201. The van der Waals surface area contributed by atoms with Crippen LogP contribution in [0.4, 0.5) is 5.69 Å². The number of anilines is 1. The molecule has 0 saturated heterocycles. The summed E-state index contributed by atoms with van der Waals surface area (Å²) < 4.78 is 0. The van der Waals surface area contributed by atoms with Crippen LogP contribution in [-0.2, 0) is 9.59 Å². The number of rotatable bonds is 8. The number of likely N-dealkylation sites (N-methyl/N-ethyl adjacent to an activating group) is 1. The van der Waals surface area contributed by atoms with Crippen LogP contribution in [0.1, 0.15) is 27.2 Å². The van der Waals surface area contributed by atoms with Gasteiger partial charge >= 0.3 is 0 Å². The molecule has 2 amide bonds. The van der Waals surface area contributed by atoms with Gasteiger partial charge in [-0.3, -0.25) is 14.5 Å². The number of carbonyl (C=O) groups is 2. The molecule has 128 valence electrons. The van der Waals surface area contributed by atoms with Gasteiger partial charge in [0.15, 0.2) is 0 Å². The number of hydrogen-bond donors (Lipinski definition) is 2. The predicted octanol–water partition coefficient (Wildman–Crippen LogP) is 2.58. The smallest absolute Gasteiger partial charge is 0.238 e. The van der Waals surface area contributed by atoms with Gasteiger partial charge in [0.1, 0.15) is 0 Å². The van der Waals surface area contributed by atoms with Crippen LogP contribution in [0.3, 0.4) is 0 Å². The monoisotopic (exact) mass is 337 g/mol. The highest BCUT2D eigenvalue weighted by Crippen LogP contribution is 2.24. The molecule has 0 bridgehead atoms. The normalized spacial score (nSPS) is 11.4. The molecule has 0 saturated carbocycles. The zero-order valence-corrected chi connectivity index (χ0v) is 15.4. The average molecular weight is 337 g/mol. The summed E-state index contributed by atoms with van der Waals surface area (Å²) in [7, 11) is 1.76. The van der Waals surface area contributed by atoms with Crippen molar-refractivity contribution in [3.8, 4) is 0 Å². The lowest BCUT2D eigenvalue weighted by atomic mass is 10.0. The first-order chi connectivity index (χ1) is 10.8. The third-order valence-corrected chi connectivity index (χ3v) is 4.37. The maximum atomic E-state index is 12.1. The Morgan fingerprint density at radius 2 is 1.78 bits per heavy atom. The number of hydrogen-bond acceptors (Lipinski definition) is 4. The van der Waals surface area contributed by atoms with Crippen molar-refractivity contribution >= 4 is 29.3 Å². The van der Waals surface area contributed by atoms with Crippen molar-refractivity contribution in [1.82, 2.24) is 10.2 Å². The molecule has 5 nitrogen and oxygen atoms in total. The van der Waals surface area contributed by atoms with Gasteiger partial charge in [-0.05, 0) is 45.7 Å². The van der Waals surface area contributed by atoms with Crippen LogP contribution in [-0.4, -0.2) is 48.6 Å². The number of carbonyl (C=O) groups excluding carboxylic acids is 2. The predicted molar refractivity (Wildman–Crippen MR) is 96.9 cm³/mol. The topological polar surface area (TPSA) is 61.4 Å². The molecule has 1 rings (SSSR count). The van der Waals surface area contributed by atoms with Crippen molar-refractivity contribution in [2.45, 2.75) is 37.6 Å². The van der Waals surface area contributed by atoms with Gasteiger partial charge in [0.25, 0.3) is 0 Å². The standard InChI is InChI=1S/C17H27N3O2S/c1-6-17(2,3)19-16(22)12-20(4)11-15(21)18-13-9-7-8-10-14(13)23-5/h7-10H,6,11-12H2,1-5H3,(H,18,21)(H,19,22).